The van der Waals surface area contributed by atoms with Crippen molar-refractivity contribution in [2.45, 2.75) is 24.7 Å². The molecule has 0 amide bonds. The van der Waals surface area contributed by atoms with E-state index in [0.717, 1.165) is 29.8 Å². The number of hydrogen-bond donors (Lipinski definition) is 0. The molecule has 40 heavy (non-hydrogen) atoms. The molecule has 0 aliphatic rings. The third kappa shape index (κ3) is 5.56. The first-order valence-electron chi connectivity index (χ1n) is 11.7. The van der Waals surface area contributed by atoms with Crippen molar-refractivity contribution >= 4 is 11.9 Å². The smallest absolute Gasteiger partial charge is 0.411 e. The average molecular weight is 558 g/mol. The van der Waals surface area contributed by atoms with Crippen LogP contribution in [0, 0.1) is 6.92 Å². The van der Waals surface area contributed by atoms with Crippen LogP contribution in [0.25, 0.3) is 0 Å². The Morgan fingerprint density at radius 1 is 0.525 bits per heavy atom. The highest BCUT2D eigenvalue weighted by atomic mass is 19.4. The van der Waals surface area contributed by atoms with Crippen LogP contribution in [0.4, 0.5) is 26.3 Å². The zero-order chi connectivity index (χ0) is 29.1. The molecular formula is C30H20F6O4. The molecule has 4 nitrogen and oxygen atoms in total. The lowest BCUT2D eigenvalue weighted by Crippen LogP contribution is -2.54. The first-order valence-corrected chi connectivity index (χ1v) is 11.7. The van der Waals surface area contributed by atoms with Gasteiger partial charge in [0.1, 0.15) is 11.5 Å². The average Bonchev–Trinajstić information content (AvgIpc) is 2.90. The zero-order valence-electron chi connectivity index (χ0n) is 20.7. The molecule has 0 aliphatic heterocycles. The van der Waals surface area contributed by atoms with E-state index < -0.39 is 40.8 Å². The highest BCUT2D eigenvalue weighted by Crippen LogP contribution is 2.56. The van der Waals surface area contributed by atoms with Gasteiger partial charge in [-0.3, -0.25) is 0 Å². The van der Waals surface area contributed by atoms with Crippen molar-refractivity contribution in [3.05, 3.63) is 131 Å². The van der Waals surface area contributed by atoms with Crippen molar-refractivity contribution in [2.75, 3.05) is 0 Å². The summed E-state index contributed by atoms with van der Waals surface area (Å²) in [6, 6.07) is 19.8. The van der Waals surface area contributed by atoms with Gasteiger partial charge < -0.3 is 9.47 Å². The zero-order valence-corrected chi connectivity index (χ0v) is 20.7. The quantitative estimate of drug-likeness (QED) is 0.137. The third-order valence-electron chi connectivity index (χ3n) is 6.14. The van der Waals surface area contributed by atoms with Crippen LogP contribution >= 0.6 is 0 Å². The maximum atomic E-state index is 14.4. The van der Waals surface area contributed by atoms with E-state index in [1.807, 2.05) is 0 Å². The van der Waals surface area contributed by atoms with Crippen LogP contribution in [0.15, 0.2) is 103 Å². The molecule has 0 saturated carbocycles. The molecule has 0 unspecified atom stereocenters. The Bertz CT molecular complexity index is 1460. The fraction of sp³-hybridized carbons (Fsp3) is 0.133. The number of aryl methyl sites for hydroxylation is 1. The van der Waals surface area contributed by atoms with Gasteiger partial charge in [0, 0.05) is 0 Å². The fourth-order valence-electron chi connectivity index (χ4n) is 4.12. The van der Waals surface area contributed by atoms with Crippen LogP contribution in [0.2, 0.25) is 0 Å². The van der Waals surface area contributed by atoms with Crippen molar-refractivity contribution < 1.29 is 45.4 Å². The van der Waals surface area contributed by atoms with E-state index in [1.165, 1.54) is 24.3 Å². The minimum Gasteiger partial charge on any atom is -0.423 e. The van der Waals surface area contributed by atoms with Crippen LogP contribution in [0.1, 0.15) is 37.4 Å². The van der Waals surface area contributed by atoms with E-state index >= 15 is 0 Å². The number of hydrogen-bond acceptors (Lipinski definition) is 4. The summed E-state index contributed by atoms with van der Waals surface area (Å²) in [5.74, 6) is -2.14. The molecule has 0 heterocycles. The predicted molar refractivity (Wildman–Crippen MR) is 133 cm³/mol. The van der Waals surface area contributed by atoms with Gasteiger partial charge in [-0.2, -0.15) is 26.3 Å². The molecule has 0 fully saturated rings. The molecule has 0 radical (unpaired) electrons. The monoisotopic (exact) mass is 558 g/mol. The van der Waals surface area contributed by atoms with Crippen LogP contribution in [0.5, 0.6) is 11.5 Å². The summed E-state index contributed by atoms with van der Waals surface area (Å²) in [6.07, 6.45) is -11.7. The van der Waals surface area contributed by atoms with Gasteiger partial charge in [-0.05, 0) is 66.6 Å². The Balaban J connectivity index is 1.67. The Kier molecular flexibility index (Phi) is 7.72. The third-order valence-corrected chi connectivity index (χ3v) is 6.14. The van der Waals surface area contributed by atoms with E-state index in [2.05, 4.69) is 0 Å². The molecule has 206 valence electrons. The largest absolute Gasteiger partial charge is 0.423 e. The molecule has 0 N–H and O–H groups in total. The summed E-state index contributed by atoms with van der Waals surface area (Å²) >= 11 is 0. The summed E-state index contributed by atoms with van der Waals surface area (Å²) in [6.45, 7) is 1.80. The highest BCUT2D eigenvalue weighted by Gasteiger charge is 2.72. The lowest BCUT2D eigenvalue weighted by atomic mass is 9.73. The number of carbonyl (C=O) groups excluding carboxylic acids is 2. The van der Waals surface area contributed by atoms with Gasteiger partial charge in [-0.1, -0.05) is 60.2 Å². The van der Waals surface area contributed by atoms with Crippen LogP contribution in [-0.4, -0.2) is 24.3 Å². The number of esters is 2. The van der Waals surface area contributed by atoms with Crippen molar-refractivity contribution in [1.82, 2.24) is 0 Å². The Morgan fingerprint density at radius 2 is 0.900 bits per heavy atom. The van der Waals surface area contributed by atoms with E-state index in [4.69, 9.17) is 9.47 Å². The molecule has 10 heteroatoms. The SMILES string of the molecule is Cc1ccc(C(=O)Oc2ccc(C(c3ccc(OC(=O)c4ccccc4)cc3)(C(F)(F)F)C(F)(F)F)cc2)cc1. The van der Waals surface area contributed by atoms with Crippen molar-refractivity contribution in [2.24, 2.45) is 0 Å². The van der Waals surface area contributed by atoms with E-state index in [-0.39, 0.29) is 22.6 Å². The summed E-state index contributed by atoms with van der Waals surface area (Å²) < 4.78 is 96.9. The number of halogens is 6. The lowest BCUT2D eigenvalue weighted by molar-refractivity contribution is -0.288. The van der Waals surface area contributed by atoms with Crippen LogP contribution in [0.3, 0.4) is 0 Å². The fourth-order valence-corrected chi connectivity index (χ4v) is 4.12. The summed E-state index contributed by atoms with van der Waals surface area (Å²) in [4.78, 5) is 24.6. The second-order valence-corrected chi connectivity index (χ2v) is 8.81. The van der Waals surface area contributed by atoms with Crippen LogP contribution < -0.4 is 9.47 Å². The van der Waals surface area contributed by atoms with Crippen LogP contribution in [-0.2, 0) is 5.41 Å². The summed E-state index contributed by atoms with van der Waals surface area (Å²) in [7, 11) is 0. The molecule has 4 rings (SSSR count). The first-order chi connectivity index (χ1) is 18.8. The number of ether oxygens (including phenoxy) is 2. The molecular weight excluding hydrogens is 538 g/mol. The van der Waals surface area contributed by atoms with E-state index in [9.17, 15) is 35.9 Å². The maximum absolute atomic E-state index is 14.4. The lowest BCUT2D eigenvalue weighted by Gasteiger charge is -2.38. The van der Waals surface area contributed by atoms with Crippen molar-refractivity contribution in [3.63, 3.8) is 0 Å². The predicted octanol–water partition coefficient (Wildman–Crippen LogP) is 7.84. The minimum absolute atomic E-state index is 0.148. The molecule has 0 spiro atoms. The van der Waals surface area contributed by atoms with Gasteiger partial charge in [-0.15, -0.1) is 0 Å². The standard InChI is InChI=1S/C30H20F6O4/c1-19-7-9-21(10-8-19)27(38)40-25-17-13-23(14-18-25)28(29(31,32)33,30(34,35)36)22-11-15-24(16-12-22)39-26(37)20-5-3-2-4-6-20/h2-18H,1H3. The Labute approximate surface area is 224 Å². The van der Waals surface area contributed by atoms with E-state index in [0.29, 0.717) is 24.3 Å². The first kappa shape index (κ1) is 28.4. The topological polar surface area (TPSA) is 52.6 Å². The highest BCUT2D eigenvalue weighted by molar-refractivity contribution is 5.91. The van der Waals surface area contributed by atoms with Gasteiger partial charge in [0.15, 0.2) is 0 Å². The molecule has 0 aliphatic carbocycles. The van der Waals surface area contributed by atoms with E-state index in [1.54, 1.807) is 37.3 Å². The molecule has 0 atom stereocenters. The Hall–Kier alpha value is -4.60. The van der Waals surface area contributed by atoms with Gasteiger partial charge in [0.25, 0.3) is 0 Å². The second kappa shape index (κ2) is 10.9. The number of benzene rings is 4. The van der Waals surface area contributed by atoms with Crippen molar-refractivity contribution in [1.29, 1.82) is 0 Å². The second-order valence-electron chi connectivity index (χ2n) is 8.81. The minimum atomic E-state index is -5.83. The number of rotatable bonds is 6. The number of alkyl halides is 6. The van der Waals surface area contributed by atoms with Gasteiger partial charge >= 0.3 is 24.3 Å². The molecule has 0 aromatic heterocycles. The Morgan fingerprint density at radius 3 is 1.27 bits per heavy atom. The molecule has 4 aromatic carbocycles. The van der Waals surface area contributed by atoms with Crippen molar-refractivity contribution in [3.8, 4) is 11.5 Å². The van der Waals surface area contributed by atoms with Gasteiger partial charge in [0.2, 0.25) is 5.41 Å². The maximum Gasteiger partial charge on any atom is 0.411 e. The summed E-state index contributed by atoms with van der Waals surface area (Å²) in [5.41, 5.74) is -5.54. The molecule has 0 bridgehead atoms. The molecule has 4 aromatic rings. The number of carbonyl (C=O) groups is 2. The summed E-state index contributed by atoms with van der Waals surface area (Å²) in [5, 5.41) is 0. The molecule has 0 saturated heterocycles. The normalized spacial score (nSPS) is 12.1. The van der Waals surface area contributed by atoms with Gasteiger partial charge in [0.05, 0.1) is 11.1 Å². The van der Waals surface area contributed by atoms with Gasteiger partial charge in [-0.25, -0.2) is 9.59 Å².